The molecule has 1 atom stereocenters. The molecule has 1 aromatic rings. The minimum Gasteiger partial charge on any atom is -0.337 e. The van der Waals surface area contributed by atoms with Gasteiger partial charge < -0.3 is 4.90 Å². The van der Waals surface area contributed by atoms with Gasteiger partial charge in [-0.05, 0) is 40.2 Å². The second kappa shape index (κ2) is 5.19. The molecule has 1 fully saturated rings. The van der Waals surface area contributed by atoms with Crippen LogP contribution < -0.4 is 0 Å². The molecule has 0 saturated carbocycles. The number of pyridine rings is 1. The van der Waals surface area contributed by atoms with Crippen LogP contribution in [-0.4, -0.2) is 40.4 Å². The third kappa shape index (κ3) is 2.58. The average molecular weight is 301 g/mol. The molecule has 3 nitrogen and oxygen atoms in total. The number of hydrogen-bond acceptors (Lipinski definition) is 3. The lowest BCUT2D eigenvalue weighted by Gasteiger charge is -2.23. The van der Waals surface area contributed by atoms with E-state index in [2.05, 4.69) is 20.9 Å². The number of carbonyl (C=O) groups is 1. The molecule has 1 saturated heterocycles. The van der Waals surface area contributed by atoms with E-state index in [1.165, 1.54) is 0 Å². The standard InChI is InChI=1S/C11H13BrN2OS/c1-14(9-4-5-16-7-9)11(15)10-3-2-8(12)6-13-10/h2-3,6,9H,4-5,7H2,1H3. The summed E-state index contributed by atoms with van der Waals surface area (Å²) in [6, 6.07) is 3.96. The molecule has 1 aliphatic heterocycles. The van der Waals surface area contributed by atoms with Gasteiger partial charge in [0, 0.05) is 29.5 Å². The van der Waals surface area contributed by atoms with Gasteiger partial charge in [0.1, 0.15) is 5.69 Å². The molecule has 0 N–H and O–H groups in total. The molecule has 1 amide bonds. The molecule has 1 aliphatic rings. The summed E-state index contributed by atoms with van der Waals surface area (Å²) < 4.78 is 0.892. The highest BCUT2D eigenvalue weighted by atomic mass is 79.9. The van der Waals surface area contributed by atoms with Crippen LogP contribution in [0.2, 0.25) is 0 Å². The van der Waals surface area contributed by atoms with Gasteiger partial charge in [-0.2, -0.15) is 11.8 Å². The van der Waals surface area contributed by atoms with Crippen LogP contribution in [0.5, 0.6) is 0 Å². The molecule has 1 aromatic heterocycles. The van der Waals surface area contributed by atoms with E-state index < -0.39 is 0 Å². The molecule has 2 rings (SSSR count). The van der Waals surface area contributed by atoms with E-state index in [1.807, 2.05) is 29.8 Å². The first-order valence-electron chi connectivity index (χ1n) is 5.15. The van der Waals surface area contributed by atoms with E-state index >= 15 is 0 Å². The number of rotatable bonds is 2. The van der Waals surface area contributed by atoms with Crippen LogP contribution in [0.1, 0.15) is 16.9 Å². The molecule has 2 heterocycles. The minimum absolute atomic E-state index is 0.0139. The second-order valence-electron chi connectivity index (χ2n) is 3.80. The molecule has 16 heavy (non-hydrogen) atoms. The highest BCUT2D eigenvalue weighted by molar-refractivity contribution is 9.10. The van der Waals surface area contributed by atoms with Gasteiger partial charge in [0.2, 0.25) is 0 Å². The van der Waals surface area contributed by atoms with E-state index in [9.17, 15) is 4.79 Å². The SMILES string of the molecule is CN(C(=O)c1ccc(Br)cn1)C1CCSC1. The van der Waals surface area contributed by atoms with Crippen LogP contribution in [0.25, 0.3) is 0 Å². The molecule has 0 bridgehead atoms. The first-order chi connectivity index (χ1) is 7.68. The maximum absolute atomic E-state index is 12.1. The van der Waals surface area contributed by atoms with Gasteiger partial charge in [-0.1, -0.05) is 0 Å². The largest absolute Gasteiger partial charge is 0.337 e. The van der Waals surface area contributed by atoms with E-state index in [0.717, 1.165) is 22.4 Å². The second-order valence-corrected chi connectivity index (χ2v) is 5.86. The Hall–Kier alpha value is -0.550. The zero-order chi connectivity index (χ0) is 11.5. The van der Waals surface area contributed by atoms with Crippen molar-refractivity contribution in [2.45, 2.75) is 12.5 Å². The number of aromatic nitrogens is 1. The molecule has 0 radical (unpaired) electrons. The van der Waals surface area contributed by atoms with E-state index in [0.29, 0.717) is 11.7 Å². The Morgan fingerprint density at radius 2 is 2.44 bits per heavy atom. The van der Waals surface area contributed by atoms with Gasteiger partial charge in [-0.25, -0.2) is 4.98 Å². The maximum atomic E-state index is 12.1. The molecule has 5 heteroatoms. The van der Waals surface area contributed by atoms with Crippen molar-refractivity contribution in [1.82, 2.24) is 9.88 Å². The van der Waals surface area contributed by atoms with Crippen molar-refractivity contribution in [2.24, 2.45) is 0 Å². The van der Waals surface area contributed by atoms with Crippen molar-refractivity contribution in [3.05, 3.63) is 28.5 Å². The Kier molecular flexibility index (Phi) is 3.86. The highest BCUT2D eigenvalue weighted by Crippen LogP contribution is 2.22. The summed E-state index contributed by atoms with van der Waals surface area (Å²) >= 11 is 5.21. The van der Waals surface area contributed by atoms with E-state index in [4.69, 9.17) is 0 Å². The van der Waals surface area contributed by atoms with E-state index in [1.54, 1.807) is 12.3 Å². The Morgan fingerprint density at radius 1 is 1.62 bits per heavy atom. The van der Waals surface area contributed by atoms with Crippen LogP contribution >= 0.6 is 27.7 Å². The fourth-order valence-electron chi connectivity index (χ4n) is 1.68. The summed E-state index contributed by atoms with van der Waals surface area (Å²) in [5.74, 6) is 2.20. The number of hydrogen-bond donors (Lipinski definition) is 0. The third-order valence-electron chi connectivity index (χ3n) is 2.72. The molecule has 0 aromatic carbocycles. The van der Waals surface area contributed by atoms with Crippen molar-refractivity contribution >= 4 is 33.6 Å². The lowest BCUT2D eigenvalue weighted by molar-refractivity contribution is 0.0742. The Morgan fingerprint density at radius 3 is 3.00 bits per heavy atom. The number of thioether (sulfide) groups is 1. The van der Waals surface area contributed by atoms with Crippen LogP contribution in [0.4, 0.5) is 0 Å². The van der Waals surface area contributed by atoms with Gasteiger partial charge in [0.05, 0.1) is 0 Å². The fraction of sp³-hybridized carbons (Fsp3) is 0.455. The highest BCUT2D eigenvalue weighted by Gasteiger charge is 2.25. The summed E-state index contributed by atoms with van der Waals surface area (Å²) in [7, 11) is 1.86. The lowest BCUT2D eigenvalue weighted by Crippen LogP contribution is -2.37. The number of carbonyl (C=O) groups excluding carboxylic acids is 1. The van der Waals surface area contributed by atoms with E-state index in [-0.39, 0.29) is 5.91 Å². The van der Waals surface area contributed by atoms with Gasteiger partial charge in [-0.3, -0.25) is 4.79 Å². The van der Waals surface area contributed by atoms with Crippen molar-refractivity contribution in [1.29, 1.82) is 0 Å². The van der Waals surface area contributed by atoms with Crippen LogP contribution in [0.3, 0.4) is 0 Å². The van der Waals surface area contributed by atoms with Crippen LogP contribution in [0.15, 0.2) is 22.8 Å². The molecule has 1 unspecified atom stereocenters. The predicted molar refractivity (Wildman–Crippen MR) is 69.8 cm³/mol. The average Bonchev–Trinajstić information content (AvgIpc) is 2.81. The van der Waals surface area contributed by atoms with Gasteiger partial charge >= 0.3 is 0 Å². The summed E-state index contributed by atoms with van der Waals surface area (Å²) in [4.78, 5) is 18.0. The first kappa shape index (κ1) is 11.9. The number of amides is 1. The normalized spacial score (nSPS) is 19.8. The van der Waals surface area contributed by atoms with Crippen molar-refractivity contribution in [2.75, 3.05) is 18.6 Å². The molecule has 0 aliphatic carbocycles. The van der Waals surface area contributed by atoms with Crippen molar-refractivity contribution < 1.29 is 4.79 Å². The quantitative estimate of drug-likeness (QED) is 0.841. The molecular formula is C11H13BrN2OS. The van der Waals surface area contributed by atoms with Gasteiger partial charge in [0.15, 0.2) is 0 Å². The van der Waals surface area contributed by atoms with Crippen molar-refractivity contribution in [3.8, 4) is 0 Å². The summed E-state index contributed by atoms with van der Waals surface area (Å²) in [6.45, 7) is 0. The van der Waals surface area contributed by atoms with Crippen molar-refractivity contribution in [3.63, 3.8) is 0 Å². The smallest absolute Gasteiger partial charge is 0.272 e. The number of halogens is 1. The molecule has 86 valence electrons. The minimum atomic E-state index is 0.0139. The molecule has 0 spiro atoms. The Bertz CT molecular complexity index is 376. The predicted octanol–water partition coefficient (Wildman–Crippen LogP) is 2.42. The van der Waals surface area contributed by atoms with Crippen LogP contribution in [-0.2, 0) is 0 Å². The maximum Gasteiger partial charge on any atom is 0.272 e. The van der Waals surface area contributed by atoms with Gasteiger partial charge in [-0.15, -0.1) is 0 Å². The van der Waals surface area contributed by atoms with Crippen LogP contribution in [0, 0.1) is 0 Å². The zero-order valence-corrected chi connectivity index (χ0v) is 11.4. The zero-order valence-electron chi connectivity index (χ0n) is 9.02. The Labute approximate surface area is 108 Å². The lowest BCUT2D eigenvalue weighted by atomic mass is 10.2. The molecular weight excluding hydrogens is 288 g/mol. The van der Waals surface area contributed by atoms with Gasteiger partial charge in [0.25, 0.3) is 5.91 Å². The monoisotopic (exact) mass is 300 g/mol. The Balaban J connectivity index is 2.08. The third-order valence-corrected chi connectivity index (χ3v) is 4.33. The fourth-order valence-corrected chi connectivity index (χ4v) is 3.18. The first-order valence-corrected chi connectivity index (χ1v) is 7.09. The summed E-state index contributed by atoms with van der Waals surface area (Å²) in [6.07, 6.45) is 2.74. The topological polar surface area (TPSA) is 33.2 Å². The summed E-state index contributed by atoms with van der Waals surface area (Å²) in [5, 5.41) is 0. The summed E-state index contributed by atoms with van der Waals surface area (Å²) in [5.41, 5.74) is 0.516. The number of nitrogens with zero attached hydrogens (tertiary/aromatic N) is 2.